The topological polar surface area (TPSA) is 52.7 Å². The van der Waals surface area contributed by atoms with Crippen LogP contribution in [0.4, 0.5) is 0 Å². The minimum atomic E-state index is -0.0931. The molecule has 18 heavy (non-hydrogen) atoms. The molecule has 1 unspecified atom stereocenters. The molecule has 0 radical (unpaired) electrons. The van der Waals surface area contributed by atoms with Crippen LogP contribution >= 0.6 is 12.4 Å². The zero-order valence-corrected chi connectivity index (χ0v) is 12.3. The van der Waals surface area contributed by atoms with Crippen LogP contribution in [0.5, 0.6) is 0 Å². The number of carbonyl (C=O) groups excluding carboxylic acids is 2. The van der Waals surface area contributed by atoms with E-state index in [0.717, 1.165) is 19.4 Å². The molecule has 0 aromatic heterocycles. The Morgan fingerprint density at radius 1 is 1.28 bits per heavy atom. The van der Waals surface area contributed by atoms with Crippen molar-refractivity contribution >= 4 is 24.2 Å². The fourth-order valence-corrected chi connectivity index (χ4v) is 2.12. The summed E-state index contributed by atoms with van der Waals surface area (Å²) in [6, 6.07) is -0.0931. The smallest absolute Gasteiger partial charge is 0.242 e. The van der Waals surface area contributed by atoms with Crippen molar-refractivity contribution in [3.05, 3.63) is 0 Å². The van der Waals surface area contributed by atoms with Gasteiger partial charge in [0.25, 0.3) is 0 Å². The van der Waals surface area contributed by atoms with Crippen molar-refractivity contribution in [3.63, 3.8) is 0 Å². The summed E-state index contributed by atoms with van der Waals surface area (Å²) >= 11 is 0. The standard InChI is InChI=1S/C12H23N3O2.ClH/c1-4-15(5-2)11(16)9-14(3)12(17)10-7-6-8-13-10;/h10,13H,4-9H2,1-3H3;1H. The minimum Gasteiger partial charge on any atom is -0.342 e. The number of rotatable bonds is 5. The van der Waals surface area contributed by atoms with Crippen molar-refractivity contribution in [2.75, 3.05) is 33.2 Å². The molecule has 0 bridgehead atoms. The van der Waals surface area contributed by atoms with Crippen LogP contribution in [0.15, 0.2) is 0 Å². The van der Waals surface area contributed by atoms with Gasteiger partial charge in [0.1, 0.15) is 0 Å². The number of amides is 2. The maximum atomic E-state index is 12.0. The summed E-state index contributed by atoms with van der Waals surface area (Å²) < 4.78 is 0. The van der Waals surface area contributed by atoms with Crippen LogP contribution in [0, 0.1) is 0 Å². The number of carbonyl (C=O) groups is 2. The average molecular weight is 278 g/mol. The normalized spacial score (nSPS) is 18.1. The van der Waals surface area contributed by atoms with Crippen molar-refractivity contribution in [2.45, 2.75) is 32.7 Å². The molecule has 106 valence electrons. The van der Waals surface area contributed by atoms with E-state index in [1.54, 1.807) is 11.9 Å². The van der Waals surface area contributed by atoms with E-state index >= 15 is 0 Å². The van der Waals surface area contributed by atoms with Crippen LogP contribution in [0.3, 0.4) is 0 Å². The average Bonchev–Trinajstić information content (AvgIpc) is 2.83. The SMILES string of the molecule is CCN(CC)C(=O)CN(C)C(=O)C1CCCN1.Cl. The summed E-state index contributed by atoms with van der Waals surface area (Å²) in [5.74, 6) is 0.0480. The van der Waals surface area contributed by atoms with Gasteiger partial charge in [-0.2, -0.15) is 0 Å². The van der Waals surface area contributed by atoms with Gasteiger partial charge in [-0.1, -0.05) is 0 Å². The molecule has 0 aromatic carbocycles. The van der Waals surface area contributed by atoms with Gasteiger partial charge in [-0.05, 0) is 33.2 Å². The first kappa shape index (κ1) is 17.2. The van der Waals surface area contributed by atoms with Crippen LogP contribution in [0.1, 0.15) is 26.7 Å². The molecular formula is C12H24ClN3O2. The highest BCUT2D eigenvalue weighted by atomic mass is 35.5. The summed E-state index contributed by atoms with van der Waals surface area (Å²) in [5.41, 5.74) is 0. The van der Waals surface area contributed by atoms with Crippen LogP contribution in [0.25, 0.3) is 0 Å². The Morgan fingerprint density at radius 3 is 2.33 bits per heavy atom. The Balaban J connectivity index is 0.00000289. The molecule has 0 saturated carbocycles. The minimum absolute atomic E-state index is 0. The molecule has 2 amide bonds. The molecule has 5 nitrogen and oxygen atoms in total. The summed E-state index contributed by atoms with van der Waals surface area (Å²) in [6.45, 7) is 6.36. The van der Waals surface area contributed by atoms with Crippen molar-refractivity contribution in [3.8, 4) is 0 Å². The third-order valence-corrected chi connectivity index (χ3v) is 3.22. The maximum absolute atomic E-state index is 12.0. The molecule has 6 heteroatoms. The van der Waals surface area contributed by atoms with Crippen molar-refractivity contribution in [1.29, 1.82) is 0 Å². The molecular weight excluding hydrogens is 254 g/mol. The Bertz CT molecular complexity index is 276. The number of nitrogens with one attached hydrogen (secondary N) is 1. The Morgan fingerprint density at radius 2 is 1.89 bits per heavy atom. The first-order valence-corrected chi connectivity index (χ1v) is 6.36. The highest BCUT2D eigenvalue weighted by Gasteiger charge is 2.26. The van der Waals surface area contributed by atoms with Crippen molar-refractivity contribution in [1.82, 2.24) is 15.1 Å². The monoisotopic (exact) mass is 277 g/mol. The van der Waals surface area contributed by atoms with E-state index in [2.05, 4.69) is 5.32 Å². The van der Waals surface area contributed by atoms with Gasteiger partial charge in [0.05, 0.1) is 12.6 Å². The lowest BCUT2D eigenvalue weighted by Gasteiger charge is -2.25. The van der Waals surface area contributed by atoms with Gasteiger partial charge in [0, 0.05) is 20.1 Å². The van der Waals surface area contributed by atoms with E-state index in [4.69, 9.17) is 0 Å². The number of nitrogens with zero attached hydrogens (tertiary/aromatic N) is 2. The second kappa shape index (κ2) is 8.32. The molecule has 1 heterocycles. The Labute approximate surface area is 115 Å². The second-order valence-electron chi connectivity index (χ2n) is 4.41. The summed E-state index contributed by atoms with van der Waals surface area (Å²) in [5, 5.41) is 3.15. The van der Waals surface area contributed by atoms with E-state index < -0.39 is 0 Å². The van der Waals surface area contributed by atoms with Crippen molar-refractivity contribution < 1.29 is 9.59 Å². The van der Waals surface area contributed by atoms with E-state index in [1.807, 2.05) is 13.8 Å². The van der Waals surface area contributed by atoms with Crippen LogP contribution < -0.4 is 5.32 Å². The molecule has 1 atom stereocenters. The number of hydrogen-bond donors (Lipinski definition) is 1. The van der Waals surface area contributed by atoms with Gasteiger partial charge in [0.15, 0.2) is 0 Å². The van der Waals surface area contributed by atoms with E-state index in [1.165, 1.54) is 4.90 Å². The van der Waals surface area contributed by atoms with Gasteiger partial charge >= 0.3 is 0 Å². The van der Waals surface area contributed by atoms with Gasteiger partial charge < -0.3 is 15.1 Å². The molecule has 1 rings (SSSR count). The van der Waals surface area contributed by atoms with Crippen LogP contribution in [0.2, 0.25) is 0 Å². The van der Waals surface area contributed by atoms with Gasteiger partial charge in [-0.25, -0.2) is 0 Å². The Hall–Kier alpha value is -0.810. The quantitative estimate of drug-likeness (QED) is 0.796. The van der Waals surface area contributed by atoms with Gasteiger partial charge in [-0.15, -0.1) is 12.4 Å². The molecule has 0 aliphatic carbocycles. The molecule has 0 aromatic rings. The number of halogens is 1. The number of hydrogen-bond acceptors (Lipinski definition) is 3. The number of likely N-dealkylation sites (N-methyl/N-ethyl adjacent to an activating group) is 2. The molecule has 1 N–H and O–H groups in total. The first-order chi connectivity index (χ1) is 8.10. The zero-order valence-electron chi connectivity index (χ0n) is 11.4. The third-order valence-electron chi connectivity index (χ3n) is 3.22. The predicted octanol–water partition coefficient (Wildman–Crippen LogP) is 0.487. The molecule has 0 spiro atoms. The fraction of sp³-hybridized carbons (Fsp3) is 0.833. The lowest BCUT2D eigenvalue weighted by Crippen LogP contribution is -2.46. The molecule has 1 saturated heterocycles. The van der Waals surface area contributed by atoms with E-state index in [9.17, 15) is 9.59 Å². The Kier molecular flexibility index (Phi) is 7.95. The van der Waals surface area contributed by atoms with Gasteiger partial charge in [-0.3, -0.25) is 9.59 Å². The molecule has 1 aliphatic rings. The summed E-state index contributed by atoms with van der Waals surface area (Å²) in [6.07, 6.45) is 1.91. The molecule has 1 aliphatic heterocycles. The lowest BCUT2D eigenvalue weighted by molar-refractivity contribution is -0.140. The highest BCUT2D eigenvalue weighted by molar-refractivity contribution is 5.87. The van der Waals surface area contributed by atoms with Gasteiger partial charge in [0.2, 0.25) is 11.8 Å². The predicted molar refractivity (Wildman–Crippen MR) is 73.8 cm³/mol. The van der Waals surface area contributed by atoms with Crippen LogP contribution in [-0.4, -0.2) is 60.9 Å². The first-order valence-electron chi connectivity index (χ1n) is 6.36. The third kappa shape index (κ3) is 4.46. The van der Waals surface area contributed by atoms with Crippen molar-refractivity contribution in [2.24, 2.45) is 0 Å². The van der Waals surface area contributed by atoms with E-state index in [-0.39, 0.29) is 36.8 Å². The van der Waals surface area contributed by atoms with Crippen LogP contribution in [-0.2, 0) is 9.59 Å². The lowest BCUT2D eigenvalue weighted by atomic mass is 10.2. The highest BCUT2D eigenvalue weighted by Crippen LogP contribution is 2.07. The largest absolute Gasteiger partial charge is 0.342 e. The maximum Gasteiger partial charge on any atom is 0.242 e. The zero-order chi connectivity index (χ0) is 12.8. The second-order valence-corrected chi connectivity index (χ2v) is 4.41. The summed E-state index contributed by atoms with van der Waals surface area (Å²) in [4.78, 5) is 27.1. The van der Waals surface area contributed by atoms with E-state index in [0.29, 0.717) is 13.1 Å². The summed E-state index contributed by atoms with van der Waals surface area (Å²) in [7, 11) is 1.70. The fourth-order valence-electron chi connectivity index (χ4n) is 2.12. The molecule has 1 fully saturated rings.